The molecule has 0 aliphatic carbocycles. The number of amides is 1. The highest BCUT2D eigenvalue weighted by atomic mass is 16.3. The van der Waals surface area contributed by atoms with Crippen LogP contribution in [0.25, 0.3) is 0 Å². The van der Waals surface area contributed by atoms with E-state index in [4.69, 9.17) is 5.11 Å². The van der Waals surface area contributed by atoms with Gasteiger partial charge in [0.2, 0.25) is 5.91 Å². The van der Waals surface area contributed by atoms with Gasteiger partial charge in [-0.2, -0.15) is 0 Å². The Morgan fingerprint density at radius 3 is 2.80 bits per heavy atom. The molecule has 1 atom stereocenters. The zero-order valence-corrected chi connectivity index (χ0v) is 6.13. The van der Waals surface area contributed by atoms with E-state index in [-0.39, 0.29) is 18.6 Å². The molecule has 0 aromatic rings. The number of aliphatic hydroxyl groups excluding tert-OH is 1. The third kappa shape index (κ3) is 3.25. The van der Waals surface area contributed by atoms with Gasteiger partial charge in [-0.3, -0.25) is 4.79 Å². The van der Waals surface area contributed by atoms with Crippen LogP contribution in [0.4, 0.5) is 0 Å². The Balaban J connectivity index is 3.62. The second-order valence-corrected chi connectivity index (χ2v) is 1.95. The summed E-state index contributed by atoms with van der Waals surface area (Å²) in [5.41, 5.74) is 0. The van der Waals surface area contributed by atoms with Gasteiger partial charge in [0.15, 0.2) is 0 Å². The molecule has 0 unspecified atom stereocenters. The molecule has 10 heavy (non-hydrogen) atoms. The monoisotopic (exact) mass is 143 g/mol. The molecule has 0 aliphatic heterocycles. The average Bonchev–Trinajstić information content (AvgIpc) is 1.99. The van der Waals surface area contributed by atoms with Crippen LogP contribution in [0.3, 0.4) is 0 Å². The Bertz CT molecular complexity index is 123. The molecule has 0 aromatic heterocycles. The van der Waals surface area contributed by atoms with E-state index in [0.29, 0.717) is 6.42 Å². The van der Waals surface area contributed by atoms with Gasteiger partial charge >= 0.3 is 0 Å². The van der Waals surface area contributed by atoms with Gasteiger partial charge in [0.05, 0.1) is 12.6 Å². The number of aliphatic hydroxyl groups is 1. The van der Waals surface area contributed by atoms with Crippen molar-refractivity contribution in [3.05, 3.63) is 12.7 Å². The van der Waals surface area contributed by atoms with Gasteiger partial charge in [0.25, 0.3) is 0 Å². The molecule has 2 N–H and O–H groups in total. The SMILES string of the molecule is C=C[C@@H](CO)NC(=O)CC. The fourth-order valence-electron chi connectivity index (χ4n) is 0.488. The van der Waals surface area contributed by atoms with Crippen molar-refractivity contribution in [1.29, 1.82) is 0 Å². The Labute approximate surface area is 60.7 Å². The first kappa shape index (κ1) is 9.17. The van der Waals surface area contributed by atoms with Crippen molar-refractivity contribution in [3.63, 3.8) is 0 Å². The lowest BCUT2D eigenvalue weighted by molar-refractivity contribution is -0.121. The highest BCUT2D eigenvalue weighted by Gasteiger charge is 2.03. The molecule has 0 fully saturated rings. The van der Waals surface area contributed by atoms with Crippen molar-refractivity contribution in [3.8, 4) is 0 Å². The number of hydrogen-bond acceptors (Lipinski definition) is 2. The molecule has 0 radical (unpaired) electrons. The maximum atomic E-state index is 10.7. The van der Waals surface area contributed by atoms with Crippen LogP contribution in [0.1, 0.15) is 13.3 Å². The van der Waals surface area contributed by atoms with Crippen molar-refractivity contribution in [2.24, 2.45) is 0 Å². The van der Waals surface area contributed by atoms with Crippen molar-refractivity contribution in [1.82, 2.24) is 5.32 Å². The lowest BCUT2D eigenvalue weighted by atomic mass is 10.3. The summed E-state index contributed by atoms with van der Waals surface area (Å²) >= 11 is 0. The molecule has 0 saturated carbocycles. The lowest BCUT2D eigenvalue weighted by Crippen LogP contribution is -2.35. The highest BCUT2D eigenvalue weighted by Crippen LogP contribution is 1.84. The minimum absolute atomic E-state index is 0.0704. The minimum Gasteiger partial charge on any atom is -0.394 e. The third-order valence-electron chi connectivity index (χ3n) is 1.15. The topological polar surface area (TPSA) is 49.3 Å². The van der Waals surface area contributed by atoms with E-state index >= 15 is 0 Å². The van der Waals surface area contributed by atoms with Crippen molar-refractivity contribution < 1.29 is 9.90 Å². The van der Waals surface area contributed by atoms with Crippen molar-refractivity contribution in [2.45, 2.75) is 19.4 Å². The molecule has 0 aliphatic rings. The number of carbonyl (C=O) groups excluding carboxylic acids is 1. The summed E-state index contributed by atoms with van der Waals surface area (Å²) in [5, 5.41) is 11.1. The molecule has 0 heterocycles. The van der Waals surface area contributed by atoms with E-state index < -0.39 is 0 Å². The van der Waals surface area contributed by atoms with E-state index in [1.54, 1.807) is 6.92 Å². The third-order valence-corrected chi connectivity index (χ3v) is 1.15. The summed E-state index contributed by atoms with van der Waals surface area (Å²) in [6, 6.07) is -0.299. The summed E-state index contributed by atoms with van der Waals surface area (Å²) in [5.74, 6) is -0.0704. The zero-order chi connectivity index (χ0) is 7.98. The van der Waals surface area contributed by atoms with Crippen molar-refractivity contribution >= 4 is 5.91 Å². The maximum Gasteiger partial charge on any atom is 0.220 e. The molecule has 3 heteroatoms. The minimum atomic E-state index is -0.299. The number of hydrogen-bond donors (Lipinski definition) is 2. The Hall–Kier alpha value is -0.830. The second kappa shape index (κ2) is 4.99. The van der Waals surface area contributed by atoms with Gasteiger partial charge in [-0.1, -0.05) is 13.0 Å². The van der Waals surface area contributed by atoms with Gasteiger partial charge in [0, 0.05) is 6.42 Å². The Morgan fingerprint density at radius 2 is 2.50 bits per heavy atom. The van der Waals surface area contributed by atoms with Gasteiger partial charge < -0.3 is 10.4 Å². The maximum absolute atomic E-state index is 10.7. The summed E-state index contributed by atoms with van der Waals surface area (Å²) in [4.78, 5) is 10.7. The van der Waals surface area contributed by atoms with Crippen LogP contribution in [-0.2, 0) is 4.79 Å². The standard InChI is InChI=1S/C7H13NO2/c1-3-6(5-9)8-7(10)4-2/h3,6,9H,1,4-5H2,2H3,(H,8,10)/t6-/m0/s1. The van der Waals surface area contributed by atoms with Gasteiger partial charge in [-0.15, -0.1) is 6.58 Å². The molecule has 1 amide bonds. The van der Waals surface area contributed by atoms with E-state index in [1.807, 2.05) is 0 Å². The first-order chi connectivity index (χ1) is 4.74. The van der Waals surface area contributed by atoms with E-state index in [9.17, 15) is 4.79 Å². The average molecular weight is 143 g/mol. The smallest absolute Gasteiger partial charge is 0.220 e. The molecule has 0 rings (SSSR count). The van der Waals surface area contributed by atoms with Crippen LogP contribution in [0, 0.1) is 0 Å². The fourth-order valence-corrected chi connectivity index (χ4v) is 0.488. The quantitative estimate of drug-likeness (QED) is 0.547. The fraction of sp³-hybridized carbons (Fsp3) is 0.571. The van der Waals surface area contributed by atoms with Gasteiger partial charge in [-0.05, 0) is 0 Å². The van der Waals surface area contributed by atoms with Crippen LogP contribution in [0.2, 0.25) is 0 Å². The van der Waals surface area contributed by atoms with E-state index in [2.05, 4.69) is 11.9 Å². The number of rotatable bonds is 4. The number of carbonyl (C=O) groups is 1. The first-order valence-electron chi connectivity index (χ1n) is 3.27. The van der Waals surface area contributed by atoms with Gasteiger partial charge in [-0.25, -0.2) is 0 Å². The van der Waals surface area contributed by atoms with Crippen LogP contribution < -0.4 is 5.32 Å². The summed E-state index contributed by atoms with van der Waals surface area (Å²) in [6.45, 7) is 5.11. The van der Waals surface area contributed by atoms with E-state index in [1.165, 1.54) is 6.08 Å². The largest absolute Gasteiger partial charge is 0.394 e. The number of nitrogens with one attached hydrogen (secondary N) is 1. The van der Waals surface area contributed by atoms with Crippen molar-refractivity contribution in [2.75, 3.05) is 6.61 Å². The highest BCUT2D eigenvalue weighted by molar-refractivity contribution is 5.76. The van der Waals surface area contributed by atoms with Crippen LogP contribution >= 0.6 is 0 Å². The molecule has 0 bridgehead atoms. The summed E-state index contributed by atoms with van der Waals surface area (Å²) < 4.78 is 0. The molecular weight excluding hydrogens is 130 g/mol. The second-order valence-electron chi connectivity index (χ2n) is 1.95. The van der Waals surface area contributed by atoms with Crippen LogP contribution in [0.15, 0.2) is 12.7 Å². The predicted octanol–water partition coefficient (Wildman–Crippen LogP) is 0.0595. The molecule has 0 spiro atoms. The molecule has 0 aromatic carbocycles. The van der Waals surface area contributed by atoms with E-state index in [0.717, 1.165) is 0 Å². The normalized spacial score (nSPS) is 12.2. The predicted molar refractivity (Wildman–Crippen MR) is 39.5 cm³/mol. The molecule has 0 saturated heterocycles. The van der Waals surface area contributed by atoms with Gasteiger partial charge in [0.1, 0.15) is 0 Å². The molecule has 3 nitrogen and oxygen atoms in total. The summed E-state index contributed by atoms with van der Waals surface area (Å²) in [7, 11) is 0. The zero-order valence-electron chi connectivity index (χ0n) is 6.13. The Morgan fingerprint density at radius 1 is 1.90 bits per heavy atom. The Kier molecular flexibility index (Phi) is 4.58. The van der Waals surface area contributed by atoms with Crippen LogP contribution in [-0.4, -0.2) is 23.7 Å². The molecular formula is C7H13NO2. The molecule has 58 valence electrons. The first-order valence-corrected chi connectivity index (χ1v) is 3.27. The summed E-state index contributed by atoms with van der Waals surface area (Å²) in [6.07, 6.45) is 1.94. The lowest BCUT2D eigenvalue weighted by Gasteiger charge is -2.09. The van der Waals surface area contributed by atoms with Crippen LogP contribution in [0.5, 0.6) is 0 Å².